The predicted octanol–water partition coefficient (Wildman–Crippen LogP) is 4.08. The van der Waals surface area contributed by atoms with Crippen LogP contribution in [0.15, 0.2) is 30.3 Å². The summed E-state index contributed by atoms with van der Waals surface area (Å²) in [5, 5.41) is 3.33. The third-order valence-electron chi connectivity index (χ3n) is 3.73. The molecular formula is C20H24ClNO5. The Hall–Kier alpha value is -2.60. The molecule has 0 fully saturated rings. The standard InChI is InChI=1S/C20H24ClNO5/c1-12(2)27-16-7-6-14(21)10-15(16)20(23)22-11-13-8-17(24-3)19(26-5)18(9-13)25-4/h6-10,12H,11H2,1-5H3,(H,22,23). The maximum atomic E-state index is 12.7. The van der Waals surface area contributed by atoms with Gasteiger partial charge < -0.3 is 24.3 Å². The molecule has 0 atom stereocenters. The number of halogens is 1. The van der Waals surface area contributed by atoms with Crippen molar-refractivity contribution in [3.8, 4) is 23.0 Å². The Balaban J connectivity index is 2.22. The fraction of sp³-hybridized carbons (Fsp3) is 0.350. The summed E-state index contributed by atoms with van der Waals surface area (Å²) in [4.78, 5) is 12.7. The van der Waals surface area contributed by atoms with Gasteiger partial charge in [0.1, 0.15) is 5.75 Å². The fourth-order valence-corrected chi connectivity index (χ4v) is 2.72. The molecule has 0 spiro atoms. The van der Waals surface area contributed by atoms with Gasteiger partial charge >= 0.3 is 0 Å². The molecule has 0 aliphatic heterocycles. The van der Waals surface area contributed by atoms with Gasteiger partial charge in [-0.1, -0.05) is 11.6 Å². The average Bonchev–Trinajstić information content (AvgIpc) is 2.66. The molecule has 1 N–H and O–H groups in total. The maximum Gasteiger partial charge on any atom is 0.255 e. The first kappa shape index (κ1) is 20.7. The van der Waals surface area contributed by atoms with Gasteiger partial charge in [0.2, 0.25) is 5.75 Å². The lowest BCUT2D eigenvalue weighted by Crippen LogP contribution is -2.24. The molecule has 0 aliphatic rings. The molecule has 0 bridgehead atoms. The summed E-state index contributed by atoms with van der Waals surface area (Å²) in [7, 11) is 4.62. The molecular weight excluding hydrogens is 370 g/mol. The molecule has 0 saturated carbocycles. The molecule has 7 heteroatoms. The van der Waals surface area contributed by atoms with Gasteiger partial charge in [-0.3, -0.25) is 4.79 Å². The number of carbonyl (C=O) groups is 1. The Morgan fingerprint density at radius 2 is 1.63 bits per heavy atom. The summed E-state index contributed by atoms with van der Waals surface area (Å²) in [6.45, 7) is 4.06. The van der Waals surface area contributed by atoms with Crippen molar-refractivity contribution < 1.29 is 23.7 Å². The van der Waals surface area contributed by atoms with Gasteiger partial charge in [0.05, 0.1) is 33.0 Å². The van der Waals surface area contributed by atoms with Crippen LogP contribution in [0.3, 0.4) is 0 Å². The Kier molecular flexibility index (Phi) is 7.19. The van der Waals surface area contributed by atoms with Crippen LogP contribution in [-0.2, 0) is 6.54 Å². The SMILES string of the molecule is COc1cc(CNC(=O)c2cc(Cl)ccc2OC(C)C)cc(OC)c1OC. The highest BCUT2D eigenvalue weighted by molar-refractivity contribution is 6.31. The van der Waals surface area contributed by atoms with Crippen molar-refractivity contribution in [3.05, 3.63) is 46.5 Å². The average molecular weight is 394 g/mol. The van der Waals surface area contributed by atoms with Crippen LogP contribution in [-0.4, -0.2) is 33.3 Å². The normalized spacial score (nSPS) is 10.5. The summed E-state index contributed by atoms with van der Waals surface area (Å²) in [5.74, 6) is 1.73. The van der Waals surface area contributed by atoms with Crippen molar-refractivity contribution >= 4 is 17.5 Å². The number of hydrogen-bond acceptors (Lipinski definition) is 5. The number of methoxy groups -OCH3 is 3. The van der Waals surface area contributed by atoms with Gasteiger partial charge in [0, 0.05) is 11.6 Å². The third kappa shape index (κ3) is 5.20. The Bertz CT molecular complexity index is 782. The highest BCUT2D eigenvalue weighted by Gasteiger charge is 2.16. The van der Waals surface area contributed by atoms with Crippen molar-refractivity contribution in [2.24, 2.45) is 0 Å². The van der Waals surface area contributed by atoms with Crippen LogP contribution in [0.5, 0.6) is 23.0 Å². The molecule has 27 heavy (non-hydrogen) atoms. The Labute approximate surface area is 164 Å². The quantitative estimate of drug-likeness (QED) is 0.731. The second-order valence-corrected chi connectivity index (χ2v) is 6.46. The summed E-state index contributed by atoms with van der Waals surface area (Å²) >= 11 is 6.04. The summed E-state index contributed by atoms with van der Waals surface area (Å²) < 4.78 is 21.7. The number of nitrogens with one attached hydrogen (secondary N) is 1. The van der Waals surface area contributed by atoms with Gasteiger partial charge in [-0.25, -0.2) is 0 Å². The predicted molar refractivity (Wildman–Crippen MR) is 104 cm³/mol. The zero-order chi connectivity index (χ0) is 20.0. The van der Waals surface area contributed by atoms with Gasteiger partial charge in [0.25, 0.3) is 5.91 Å². The maximum absolute atomic E-state index is 12.7. The van der Waals surface area contributed by atoms with E-state index in [0.717, 1.165) is 5.56 Å². The third-order valence-corrected chi connectivity index (χ3v) is 3.96. The second kappa shape index (κ2) is 9.37. The van der Waals surface area contributed by atoms with Crippen molar-refractivity contribution in [1.29, 1.82) is 0 Å². The zero-order valence-corrected chi connectivity index (χ0v) is 16.8. The fourth-order valence-electron chi connectivity index (χ4n) is 2.55. The Morgan fingerprint density at radius 3 is 2.15 bits per heavy atom. The first-order chi connectivity index (χ1) is 12.9. The molecule has 0 aromatic heterocycles. The number of rotatable bonds is 8. The minimum Gasteiger partial charge on any atom is -0.493 e. The molecule has 0 saturated heterocycles. The highest BCUT2D eigenvalue weighted by Crippen LogP contribution is 2.38. The van der Waals surface area contributed by atoms with E-state index in [-0.39, 0.29) is 18.6 Å². The lowest BCUT2D eigenvalue weighted by molar-refractivity contribution is 0.0945. The molecule has 0 unspecified atom stereocenters. The van der Waals surface area contributed by atoms with E-state index in [9.17, 15) is 4.79 Å². The Morgan fingerprint density at radius 1 is 1.00 bits per heavy atom. The van der Waals surface area contributed by atoms with Gasteiger partial charge in [0.15, 0.2) is 11.5 Å². The van der Waals surface area contributed by atoms with Gasteiger partial charge in [-0.2, -0.15) is 0 Å². The molecule has 2 aromatic carbocycles. The van der Waals surface area contributed by atoms with E-state index in [4.69, 9.17) is 30.5 Å². The number of ether oxygens (including phenoxy) is 4. The molecule has 0 aliphatic carbocycles. The van der Waals surface area contributed by atoms with Crippen molar-refractivity contribution in [1.82, 2.24) is 5.32 Å². The van der Waals surface area contributed by atoms with E-state index in [1.165, 1.54) is 7.11 Å². The monoisotopic (exact) mass is 393 g/mol. The van der Waals surface area contributed by atoms with E-state index in [1.807, 2.05) is 13.8 Å². The van der Waals surface area contributed by atoms with Crippen LogP contribution in [0.1, 0.15) is 29.8 Å². The lowest BCUT2D eigenvalue weighted by atomic mass is 10.1. The highest BCUT2D eigenvalue weighted by atomic mass is 35.5. The number of carbonyl (C=O) groups excluding carboxylic acids is 1. The molecule has 1 amide bonds. The molecule has 2 rings (SSSR count). The molecule has 0 radical (unpaired) electrons. The largest absolute Gasteiger partial charge is 0.493 e. The first-order valence-electron chi connectivity index (χ1n) is 8.42. The van der Waals surface area contributed by atoms with E-state index in [1.54, 1.807) is 44.6 Å². The second-order valence-electron chi connectivity index (χ2n) is 6.02. The summed E-state index contributed by atoms with van der Waals surface area (Å²) in [5.41, 5.74) is 1.18. The van der Waals surface area contributed by atoms with Crippen LogP contribution in [0, 0.1) is 0 Å². The van der Waals surface area contributed by atoms with Crippen molar-refractivity contribution in [2.45, 2.75) is 26.5 Å². The number of amides is 1. The number of hydrogen-bond donors (Lipinski definition) is 1. The molecule has 146 valence electrons. The van der Waals surface area contributed by atoms with Gasteiger partial charge in [-0.05, 0) is 49.7 Å². The van der Waals surface area contributed by atoms with Crippen molar-refractivity contribution in [2.75, 3.05) is 21.3 Å². The van der Waals surface area contributed by atoms with Gasteiger partial charge in [-0.15, -0.1) is 0 Å². The van der Waals surface area contributed by atoms with E-state index in [2.05, 4.69) is 5.32 Å². The molecule has 0 heterocycles. The van der Waals surface area contributed by atoms with Crippen LogP contribution in [0.4, 0.5) is 0 Å². The van der Waals surface area contributed by atoms with Crippen LogP contribution >= 0.6 is 11.6 Å². The van der Waals surface area contributed by atoms with Crippen LogP contribution in [0.2, 0.25) is 5.02 Å². The smallest absolute Gasteiger partial charge is 0.255 e. The molecule has 6 nitrogen and oxygen atoms in total. The van der Waals surface area contributed by atoms with Crippen LogP contribution in [0.25, 0.3) is 0 Å². The molecule has 2 aromatic rings. The zero-order valence-electron chi connectivity index (χ0n) is 16.1. The minimum atomic E-state index is -0.290. The van der Waals surface area contributed by atoms with E-state index < -0.39 is 0 Å². The van der Waals surface area contributed by atoms with E-state index >= 15 is 0 Å². The summed E-state index contributed by atoms with van der Waals surface area (Å²) in [6, 6.07) is 8.53. The first-order valence-corrected chi connectivity index (χ1v) is 8.80. The minimum absolute atomic E-state index is 0.0622. The lowest BCUT2D eigenvalue weighted by Gasteiger charge is -2.16. The van der Waals surface area contributed by atoms with Crippen molar-refractivity contribution in [3.63, 3.8) is 0 Å². The van der Waals surface area contributed by atoms with Crippen LogP contribution < -0.4 is 24.3 Å². The van der Waals surface area contributed by atoms with E-state index in [0.29, 0.717) is 33.6 Å². The topological polar surface area (TPSA) is 66.0 Å². The number of benzene rings is 2. The summed E-state index contributed by atoms with van der Waals surface area (Å²) in [6.07, 6.45) is -0.0622.